The Morgan fingerprint density at radius 2 is 2.14 bits per heavy atom. The molecule has 14 heavy (non-hydrogen) atoms. The Morgan fingerprint density at radius 1 is 1.43 bits per heavy atom. The molecule has 80 valence electrons. The molecule has 0 aromatic rings. The highest BCUT2D eigenvalue weighted by atomic mass is 16.8. The number of hydrogen-bond donors (Lipinski definition) is 0. The number of hydrogen-bond acceptors (Lipinski definition) is 5. The van der Waals surface area contributed by atoms with Gasteiger partial charge in [-0.3, -0.25) is 4.79 Å². The molecule has 2 saturated heterocycles. The molecule has 0 radical (unpaired) electrons. The minimum Gasteiger partial charge on any atom is -0.349 e. The minimum absolute atomic E-state index is 0.200. The van der Waals surface area contributed by atoms with Gasteiger partial charge in [0.25, 0.3) is 0 Å². The standard InChI is InChI=1S/C9H14O5/c1-9(2)13-5-4-12-8(11-3)6(10)7(5)14-9/h5,7-8H,4H2,1-3H3/t5-,7-,8-/m0/s1. The number of rotatable bonds is 1. The fourth-order valence-electron chi connectivity index (χ4n) is 1.78. The Morgan fingerprint density at radius 3 is 2.79 bits per heavy atom. The monoisotopic (exact) mass is 202 g/mol. The second-order valence-electron chi connectivity index (χ2n) is 3.90. The Balaban J connectivity index is 2.12. The van der Waals surface area contributed by atoms with Crippen molar-refractivity contribution in [3.8, 4) is 0 Å². The van der Waals surface area contributed by atoms with Gasteiger partial charge in [0.05, 0.1) is 6.61 Å². The van der Waals surface area contributed by atoms with Gasteiger partial charge in [-0.25, -0.2) is 0 Å². The maximum atomic E-state index is 11.7. The first-order valence-corrected chi connectivity index (χ1v) is 4.57. The van der Waals surface area contributed by atoms with Crippen molar-refractivity contribution in [1.29, 1.82) is 0 Å². The maximum Gasteiger partial charge on any atom is 0.220 e. The summed E-state index contributed by atoms with van der Waals surface area (Å²) in [6.07, 6.45) is -1.67. The number of Topliss-reactive ketones (excluding diaryl/α,β-unsaturated/α-hetero) is 1. The summed E-state index contributed by atoms with van der Waals surface area (Å²) in [5.41, 5.74) is 0. The summed E-state index contributed by atoms with van der Waals surface area (Å²) in [7, 11) is 1.43. The first-order valence-electron chi connectivity index (χ1n) is 4.57. The first kappa shape index (κ1) is 10.0. The smallest absolute Gasteiger partial charge is 0.220 e. The van der Waals surface area contributed by atoms with Crippen molar-refractivity contribution in [2.45, 2.75) is 38.1 Å². The van der Waals surface area contributed by atoms with Crippen LogP contribution in [0, 0.1) is 0 Å². The van der Waals surface area contributed by atoms with Crippen molar-refractivity contribution < 1.29 is 23.7 Å². The third-order valence-corrected chi connectivity index (χ3v) is 2.32. The third kappa shape index (κ3) is 1.56. The number of ketones is 1. The molecule has 2 heterocycles. The van der Waals surface area contributed by atoms with Gasteiger partial charge in [0.1, 0.15) is 6.10 Å². The molecule has 5 heteroatoms. The Bertz CT molecular complexity index is 250. The molecule has 0 amide bonds. The topological polar surface area (TPSA) is 54.0 Å². The van der Waals surface area contributed by atoms with E-state index in [9.17, 15) is 4.79 Å². The van der Waals surface area contributed by atoms with Crippen LogP contribution in [0.3, 0.4) is 0 Å². The minimum atomic E-state index is -0.811. The zero-order valence-electron chi connectivity index (χ0n) is 8.48. The molecule has 0 saturated carbocycles. The lowest BCUT2D eigenvalue weighted by molar-refractivity contribution is -0.190. The van der Waals surface area contributed by atoms with Crippen molar-refractivity contribution in [3.05, 3.63) is 0 Å². The van der Waals surface area contributed by atoms with E-state index in [1.54, 1.807) is 13.8 Å². The lowest BCUT2D eigenvalue weighted by atomic mass is 10.1. The van der Waals surface area contributed by atoms with E-state index in [1.807, 2.05) is 0 Å². The van der Waals surface area contributed by atoms with Crippen LogP contribution in [0.1, 0.15) is 13.8 Å². The van der Waals surface area contributed by atoms with Gasteiger partial charge >= 0.3 is 0 Å². The average molecular weight is 202 g/mol. The van der Waals surface area contributed by atoms with Crippen LogP contribution in [0.15, 0.2) is 0 Å². The highest BCUT2D eigenvalue weighted by Gasteiger charge is 2.50. The lowest BCUT2D eigenvalue weighted by Gasteiger charge is -2.27. The summed E-state index contributed by atoms with van der Waals surface area (Å²) < 4.78 is 21.0. The summed E-state index contributed by atoms with van der Waals surface area (Å²) in [6, 6.07) is 0. The van der Waals surface area contributed by atoms with Gasteiger partial charge in [-0.2, -0.15) is 0 Å². The number of carbonyl (C=O) groups is 1. The van der Waals surface area contributed by atoms with E-state index >= 15 is 0 Å². The highest BCUT2D eigenvalue weighted by Crippen LogP contribution is 2.32. The van der Waals surface area contributed by atoms with Gasteiger partial charge in [-0.15, -0.1) is 0 Å². The SMILES string of the molecule is CO[C@H]1OC[C@@H]2OC(C)(C)O[C@@H]2C1=O. The Labute approximate surface area is 82.3 Å². The second-order valence-corrected chi connectivity index (χ2v) is 3.90. The predicted octanol–water partition coefficient (Wildman–Crippen LogP) is 0.0783. The van der Waals surface area contributed by atoms with Crippen LogP contribution in [0.5, 0.6) is 0 Å². The molecular formula is C9H14O5. The van der Waals surface area contributed by atoms with Crippen LogP contribution in [0.4, 0.5) is 0 Å². The molecule has 3 atom stereocenters. The van der Waals surface area contributed by atoms with Gasteiger partial charge < -0.3 is 18.9 Å². The molecular weight excluding hydrogens is 188 g/mol. The van der Waals surface area contributed by atoms with Gasteiger partial charge in [0.15, 0.2) is 11.9 Å². The molecule has 0 aromatic carbocycles. The molecule has 0 N–H and O–H groups in total. The van der Waals surface area contributed by atoms with Crippen molar-refractivity contribution >= 4 is 5.78 Å². The molecule has 0 spiro atoms. The molecule has 0 aromatic heterocycles. The summed E-state index contributed by atoms with van der Waals surface area (Å²) in [5.74, 6) is -0.911. The van der Waals surface area contributed by atoms with Crippen LogP contribution in [-0.2, 0) is 23.7 Å². The molecule has 0 unspecified atom stereocenters. The molecule has 2 rings (SSSR count). The van der Waals surface area contributed by atoms with Crippen molar-refractivity contribution in [1.82, 2.24) is 0 Å². The normalized spacial score (nSPS) is 41.1. The second kappa shape index (κ2) is 3.27. The van der Waals surface area contributed by atoms with Gasteiger partial charge in [-0.05, 0) is 13.8 Å². The molecule has 2 aliphatic rings. The fraction of sp³-hybridized carbons (Fsp3) is 0.889. The summed E-state index contributed by atoms with van der Waals surface area (Å²) in [4.78, 5) is 11.7. The van der Waals surface area contributed by atoms with Crippen LogP contribution in [0.2, 0.25) is 0 Å². The highest BCUT2D eigenvalue weighted by molar-refractivity contribution is 5.87. The van der Waals surface area contributed by atoms with Gasteiger partial charge in [-0.1, -0.05) is 0 Å². The zero-order valence-corrected chi connectivity index (χ0v) is 8.48. The summed E-state index contributed by atoms with van der Waals surface area (Å²) >= 11 is 0. The van der Waals surface area contributed by atoms with Crippen LogP contribution in [-0.4, -0.2) is 43.8 Å². The van der Waals surface area contributed by atoms with E-state index in [1.165, 1.54) is 7.11 Å². The number of methoxy groups -OCH3 is 1. The van der Waals surface area contributed by atoms with Gasteiger partial charge in [0.2, 0.25) is 12.1 Å². The Hall–Kier alpha value is -0.490. The van der Waals surface area contributed by atoms with E-state index < -0.39 is 18.2 Å². The maximum absolute atomic E-state index is 11.7. The Kier molecular flexibility index (Phi) is 2.35. The number of fused-ring (bicyclic) bond motifs is 1. The number of carbonyl (C=O) groups excluding carboxylic acids is 1. The molecule has 0 bridgehead atoms. The summed E-state index contributed by atoms with van der Waals surface area (Å²) in [5, 5.41) is 0. The molecule has 0 aliphatic carbocycles. The largest absolute Gasteiger partial charge is 0.349 e. The first-order chi connectivity index (χ1) is 6.53. The zero-order chi connectivity index (χ0) is 10.3. The van der Waals surface area contributed by atoms with Crippen LogP contribution < -0.4 is 0 Å². The van der Waals surface area contributed by atoms with E-state index in [2.05, 4.69) is 0 Å². The van der Waals surface area contributed by atoms with E-state index in [0.717, 1.165) is 0 Å². The predicted molar refractivity (Wildman–Crippen MR) is 45.6 cm³/mol. The van der Waals surface area contributed by atoms with Crippen LogP contribution >= 0.6 is 0 Å². The average Bonchev–Trinajstić information content (AvgIpc) is 2.42. The molecule has 2 fully saturated rings. The molecule has 5 nitrogen and oxygen atoms in total. The lowest BCUT2D eigenvalue weighted by Crippen LogP contribution is -2.48. The third-order valence-electron chi connectivity index (χ3n) is 2.32. The van der Waals surface area contributed by atoms with Crippen molar-refractivity contribution in [3.63, 3.8) is 0 Å². The van der Waals surface area contributed by atoms with Gasteiger partial charge in [0, 0.05) is 7.11 Å². The van der Waals surface area contributed by atoms with Crippen LogP contribution in [0.25, 0.3) is 0 Å². The van der Waals surface area contributed by atoms with E-state index in [0.29, 0.717) is 6.61 Å². The molecule has 2 aliphatic heterocycles. The quantitative estimate of drug-likeness (QED) is 0.602. The van der Waals surface area contributed by atoms with E-state index in [-0.39, 0.29) is 11.9 Å². The van der Waals surface area contributed by atoms with E-state index in [4.69, 9.17) is 18.9 Å². The van der Waals surface area contributed by atoms with Crippen molar-refractivity contribution in [2.75, 3.05) is 13.7 Å². The fourth-order valence-corrected chi connectivity index (χ4v) is 1.78. The number of ether oxygens (including phenoxy) is 4. The summed E-state index contributed by atoms with van der Waals surface area (Å²) in [6.45, 7) is 3.89. The van der Waals surface area contributed by atoms with Crippen molar-refractivity contribution in [2.24, 2.45) is 0 Å².